The first-order chi connectivity index (χ1) is 13.6. The van der Waals surface area contributed by atoms with Crippen LogP contribution in [0.3, 0.4) is 0 Å². The Morgan fingerprint density at radius 1 is 0.857 bits per heavy atom. The van der Waals surface area contributed by atoms with Gasteiger partial charge in [-0.15, -0.1) is 0 Å². The molecule has 0 aromatic heterocycles. The van der Waals surface area contributed by atoms with Crippen molar-refractivity contribution >= 4 is 5.71 Å². The summed E-state index contributed by atoms with van der Waals surface area (Å²) in [4.78, 5) is 6.06. The first-order valence-corrected chi connectivity index (χ1v) is 9.60. The highest BCUT2D eigenvalue weighted by atomic mass is 16.6. The molecule has 3 aromatic carbocycles. The normalized spacial score (nSPS) is 18.5. The molecule has 2 atom stereocenters. The number of ether oxygens (including phenoxy) is 1. The summed E-state index contributed by atoms with van der Waals surface area (Å²) >= 11 is 0. The molecule has 142 valence electrons. The van der Waals surface area contributed by atoms with Crippen LogP contribution in [-0.2, 0) is 4.84 Å². The molecule has 1 aliphatic rings. The van der Waals surface area contributed by atoms with E-state index < -0.39 is 0 Å². The predicted molar refractivity (Wildman–Crippen MR) is 113 cm³/mol. The molecule has 0 fully saturated rings. The van der Waals surface area contributed by atoms with E-state index in [0.29, 0.717) is 0 Å². The van der Waals surface area contributed by atoms with E-state index in [9.17, 15) is 0 Å². The minimum atomic E-state index is -0.228. The lowest BCUT2D eigenvalue weighted by molar-refractivity contribution is 0.0743. The van der Waals surface area contributed by atoms with Crippen molar-refractivity contribution in [3.8, 4) is 5.75 Å². The third-order valence-corrected chi connectivity index (χ3v) is 5.40. The number of benzene rings is 3. The topological polar surface area (TPSA) is 30.8 Å². The Morgan fingerprint density at radius 3 is 2.18 bits per heavy atom. The highest BCUT2D eigenvalue weighted by Crippen LogP contribution is 2.45. The third kappa shape index (κ3) is 3.18. The lowest BCUT2D eigenvalue weighted by atomic mass is 9.80. The molecule has 28 heavy (non-hydrogen) atoms. The Morgan fingerprint density at radius 2 is 1.50 bits per heavy atom. The Balaban J connectivity index is 1.87. The molecule has 4 rings (SSSR count). The van der Waals surface area contributed by atoms with E-state index in [2.05, 4.69) is 68.4 Å². The van der Waals surface area contributed by atoms with E-state index in [4.69, 9.17) is 9.57 Å². The lowest BCUT2D eigenvalue weighted by Gasteiger charge is -2.23. The van der Waals surface area contributed by atoms with Crippen molar-refractivity contribution in [1.29, 1.82) is 0 Å². The number of rotatable bonds is 4. The predicted octanol–water partition coefficient (Wildman–Crippen LogP) is 5.88. The maximum Gasteiger partial charge on any atom is 0.168 e. The molecular weight excluding hydrogens is 346 g/mol. The van der Waals surface area contributed by atoms with Gasteiger partial charge in [0.2, 0.25) is 0 Å². The maximum atomic E-state index is 6.06. The maximum absolute atomic E-state index is 6.06. The van der Waals surface area contributed by atoms with Crippen LogP contribution in [0.25, 0.3) is 0 Å². The first-order valence-electron chi connectivity index (χ1n) is 9.60. The first kappa shape index (κ1) is 18.3. The van der Waals surface area contributed by atoms with Crippen LogP contribution in [0.1, 0.15) is 45.4 Å². The van der Waals surface area contributed by atoms with Gasteiger partial charge in [0, 0.05) is 11.1 Å². The largest absolute Gasteiger partial charge is 0.496 e. The van der Waals surface area contributed by atoms with Crippen LogP contribution in [0.2, 0.25) is 0 Å². The van der Waals surface area contributed by atoms with Crippen molar-refractivity contribution in [2.24, 2.45) is 5.16 Å². The second kappa shape index (κ2) is 7.51. The van der Waals surface area contributed by atoms with Crippen molar-refractivity contribution in [2.45, 2.75) is 32.8 Å². The summed E-state index contributed by atoms with van der Waals surface area (Å²) in [5.41, 5.74) is 8.07. The van der Waals surface area contributed by atoms with Crippen molar-refractivity contribution < 1.29 is 9.57 Å². The van der Waals surface area contributed by atoms with Crippen LogP contribution in [0, 0.1) is 20.8 Å². The van der Waals surface area contributed by atoms with E-state index in [1.807, 2.05) is 24.3 Å². The zero-order valence-electron chi connectivity index (χ0n) is 16.8. The fourth-order valence-electron chi connectivity index (χ4n) is 4.29. The van der Waals surface area contributed by atoms with Gasteiger partial charge in [0.05, 0.1) is 18.7 Å². The van der Waals surface area contributed by atoms with Gasteiger partial charge in [-0.3, -0.25) is 0 Å². The fourth-order valence-corrected chi connectivity index (χ4v) is 4.29. The van der Waals surface area contributed by atoms with E-state index in [-0.39, 0.29) is 12.0 Å². The number of hydrogen-bond donors (Lipinski definition) is 0. The molecule has 3 aromatic rings. The molecule has 0 spiro atoms. The van der Waals surface area contributed by atoms with E-state index in [1.54, 1.807) is 7.11 Å². The van der Waals surface area contributed by atoms with Crippen LogP contribution in [-0.4, -0.2) is 12.8 Å². The number of para-hydroxylation sites is 1. The lowest BCUT2D eigenvalue weighted by Crippen LogP contribution is -2.19. The summed E-state index contributed by atoms with van der Waals surface area (Å²) in [6.45, 7) is 6.43. The summed E-state index contributed by atoms with van der Waals surface area (Å²) in [7, 11) is 1.70. The van der Waals surface area contributed by atoms with Crippen LogP contribution in [0.15, 0.2) is 71.9 Å². The molecule has 0 amide bonds. The molecule has 3 heteroatoms. The molecular formula is C25H25NO2. The minimum Gasteiger partial charge on any atom is -0.496 e. The number of methoxy groups -OCH3 is 1. The fraction of sp³-hybridized carbons (Fsp3) is 0.240. The quantitative estimate of drug-likeness (QED) is 0.573. The number of nitrogens with zero attached hydrogens (tertiary/aromatic N) is 1. The van der Waals surface area contributed by atoms with Gasteiger partial charge < -0.3 is 9.57 Å². The Bertz CT molecular complexity index is 1000. The average Bonchev–Trinajstić information content (AvgIpc) is 3.12. The Kier molecular flexibility index (Phi) is 4.91. The standard InChI is InChI=1S/C25H25NO2/c1-16-14-17(2)22(18(3)15-16)24-23(19-10-6-5-7-11-19)25(28-26-24)20-12-8-9-13-21(20)27-4/h5-15,23,25H,1-4H3/t23-,25+/m1/s1. The minimum absolute atomic E-state index is 0.00222. The molecule has 0 aliphatic carbocycles. The molecule has 3 nitrogen and oxygen atoms in total. The van der Waals surface area contributed by atoms with Crippen molar-refractivity contribution in [3.63, 3.8) is 0 Å². The molecule has 0 saturated carbocycles. The smallest absolute Gasteiger partial charge is 0.168 e. The zero-order chi connectivity index (χ0) is 19.7. The molecule has 0 saturated heterocycles. The van der Waals surface area contributed by atoms with Gasteiger partial charge >= 0.3 is 0 Å². The highest BCUT2D eigenvalue weighted by Gasteiger charge is 2.39. The van der Waals surface area contributed by atoms with Crippen molar-refractivity contribution in [1.82, 2.24) is 0 Å². The van der Waals surface area contributed by atoms with Gasteiger partial charge in [0.25, 0.3) is 0 Å². The van der Waals surface area contributed by atoms with Crippen LogP contribution in [0.4, 0.5) is 0 Å². The van der Waals surface area contributed by atoms with Crippen molar-refractivity contribution in [2.75, 3.05) is 7.11 Å². The Hall–Kier alpha value is -3.07. The van der Waals surface area contributed by atoms with Gasteiger partial charge in [0.15, 0.2) is 6.10 Å². The van der Waals surface area contributed by atoms with E-state index in [0.717, 1.165) is 17.0 Å². The van der Waals surface area contributed by atoms with E-state index >= 15 is 0 Å². The summed E-state index contributed by atoms with van der Waals surface area (Å²) in [6, 6.07) is 22.9. The molecule has 0 bridgehead atoms. The van der Waals surface area contributed by atoms with Crippen molar-refractivity contribution in [3.05, 3.63) is 100 Å². The van der Waals surface area contributed by atoms with Gasteiger partial charge in [0.1, 0.15) is 5.75 Å². The number of hydrogen-bond acceptors (Lipinski definition) is 3. The zero-order valence-corrected chi connectivity index (χ0v) is 16.8. The molecule has 1 aliphatic heterocycles. The van der Waals surface area contributed by atoms with Crippen LogP contribution in [0.5, 0.6) is 5.75 Å². The summed E-state index contributed by atoms with van der Waals surface area (Å²) in [6.07, 6.45) is -0.228. The number of oxime groups is 1. The molecule has 0 radical (unpaired) electrons. The van der Waals surface area contributed by atoms with E-state index in [1.165, 1.54) is 27.8 Å². The second-order valence-corrected chi connectivity index (χ2v) is 7.41. The average molecular weight is 371 g/mol. The number of aryl methyl sites for hydroxylation is 3. The van der Waals surface area contributed by atoms with Gasteiger partial charge in [-0.2, -0.15) is 0 Å². The summed E-state index contributed by atoms with van der Waals surface area (Å²) in [5, 5.41) is 4.61. The SMILES string of the molecule is COc1ccccc1[C@@H]1ON=C(c2c(C)cc(C)cc2C)[C@H]1c1ccccc1. The molecule has 1 heterocycles. The van der Waals surface area contributed by atoms with Crippen LogP contribution >= 0.6 is 0 Å². The van der Waals surface area contributed by atoms with Gasteiger partial charge in [-0.25, -0.2) is 0 Å². The van der Waals surface area contributed by atoms with Crippen LogP contribution < -0.4 is 4.74 Å². The van der Waals surface area contributed by atoms with Gasteiger partial charge in [-0.05, 0) is 43.5 Å². The highest BCUT2D eigenvalue weighted by molar-refractivity contribution is 6.08. The van der Waals surface area contributed by atoms with Gasteiger partial charge in [-0.1, -0.05) is 71.4 Å². The Labute approximate surface area is 166 Å². The molecule has 0 N–H and O–H groups in total. The summed E-state index contributed by atoms with van der Waals surface area (Å²) < 4.78 is 5.62. The third-order valence-electron chi connectivity index (χ3n) is 5.40. The summed E-state index contributed by atoms with van der Waals surface area (Å²) in [5.74, 6) is 0.819. The monoisotopic (exact) mass is 371 g/mol. The second-order valence-electron chi connectivity index (χ2n) is 7.41. The molecule has 0 unspecified atom stereocenters.